The number of nitrogen functional groups attached to an aromatic ring is 1. The van der Waals surface area contributed by atoms with E-state index in [-0.39, 0.29) is 0 Å². The number of likely N-dealkylation sites (tertiary alicyclic amines) is 1. The fourth-order valence-electron chi connectivity index (χ4n) is 3.99. The van der Waals surface area contributed by atoms with E-state index in [2.05, 4.69) is 39.2 Å². The molecule has 0 spiro atoms. The molecule has 0 radical (unpaired) electrons. The van der Waals surface area contributed by atoms with Crippen molar-refractivity contribution >= 4 is 23.4 Å². The summed E-state index contributed by atoms with van der Waals surface area (Å²) in [6.07, 6.45) is 7.67. The van der Waals surface area contributed by atoms with Crippen LogP contribution in [0.4, 0.5) is 17.2 Å². The van der Waals surface area contributed by atoms with Crippen LogP contribution < -0.4 is 20.8 Å². The Labute approximate surface area is 212 Å². The summed E-state index contributed by atoms with van der Waals surface area (Å²) in [7, 11) is 0. The highest BCUT2D eigenvalue weighted by molar-refractivity contribution is 5.80. The summed E-state index contributed by atoms with van der Waals surface area (Å²) in [5.41, 5.74) is 12.3. The zero-order chi connectivity index (χ0) is 25.5. The third-order valence-electron chi connectivity index (χ3n) is 5.70. The first-order valence-electron chi connectivity index (χ1n) is 13.2. The van der Waals surface area contributed by atoms with Crippen LogP contribution in [-0.4, -0.2) is 60.4 Å². The molecule has 1 aromatic heterocycles. The van der Waals surface area contributed by atoms with Gasteiger partial charge in [0.15, 0.2) is 0 Å². The summed E-state index contributed by atoms with van der Waals surface area (Å²) in [6.45, 7) is 16.0. The second kappa shape index (κ2) is 15.9. The highest BCUT2D eigenvalue weighted by Gasteiger charge is 2.13. The van der Waals surface area contributed by atoms with E-state index in [0.29, 0.717) is 24.0 Å². The number of nitrogens with zero attached hydrogens (tertiary/aromatic N) is 5. The molecular weight excluding hydrogens is 438 g/mol. The Morgan fingerprint density at radius 3 is 2.49 bits per heavy atom. The minimum Gasteiger partial charge on any atom is -0.462 e. The lowest BCUT2D eigenvalue weighted by atomic mass is 10.1. The van der Waals surface area contributed by atoms with Crippen molar-refractivity contribution in [3.05, 3.63) is 35.5 Å². The highest BCUT2D eigenvalue weighted by atomic mass is 16.5. The van der Waals surface area contributed by atoms with Crippen LogP contribution in [0, 0.1) is 6.92 Å². The molecule has 0 unspecified atom stereocenters. The SMILES string of the molecule is CC.CCCN(CCC)c1cc(/C=N/Nc2cc(C)ccc2N)nc(OCCN2CCCCC2)n1. The summed E-state index contributed by atoms with van der Waals surface area (Å²) in [6, 6.07) is 8.19. The Hall–Kier alpha value is -2.87. The van der Waals surface area contributed by atoms with E-state index < -0.39 is 0 Å². The zero-order valence-corrected chi connectivity index (χ0v) is 22.4. The first-order valence-corrected chi connectivity index (χ1v) is 13.2. The average Bonchev–Trinajstić information content (AvgIpc) is 2.88. The number of hydrazone groups is 1. The van der Waals surface area contributed by atoms with Crippen LogP contribution in [0.25, 0.3) is 0 Å². The van der Waals surface area contributed by atoms with Crippen molar-refractivity contribution in [1.82, 2.24) is 14.9 Å². The number of aromatic nitrogens is 2. The van der Waals surface area contributed by atoms with Crippen LogP contribution in [0.1, 0.15) is 71.1 Å². The summed E-state index contributed by atoms with van der Waals surface area (Å²) in [5, 5.41) is 4.37. The van der Waals surface area contributed by atoms with Crippen LogP contribution in [-0.2, 0) is 0 Å². The van der Waals surface area contributed by atoms with Gasteiger partial charge in [0.25, 0.3) is 0 Å². The topological polar surface area (TPSA) is 91.9 Å². The van der Waals surface area contributed by atoms with Gasteiger partial charge in [-0.2, -0.15) is 15.1 Å². The van der Waals surface area contributed by atoms with Gasteiger partial charge in [-0.25, -0.2) is 0 Å². The number of nitrogens with two attached hydrogens (primary N) is 1. The van der Waals surface area contributed by atoms with Gasteiger partial charge in [0.1, 0.15) is 12.4 Å². The number of aryl methyl sites for hydroxylation is 1. The predicted molar refractivity (Wildman–Crippen MR) is 149 cm³/mol. The van der Waals surface area contributed by atoms with Gasteiger partial charge in [-0.05, 0) is 63.4 Å². The molecule has 1 fully saturated rings. The fraction of sp³-hybridized carbons (Fsp3) is 0.593. The van der Waals surface area contributed by atoms with Crippen LogP contribution in [0.5, 0.6) is 6.01 Å². The normalized spacial score (nSPS) is 13.9. The molecule has 0 bridgehead atoms. The standard InChI is InChI=1S/C25H39N7O.C2H6/c1-4-11-32(12-5-2)24-18-21(19-27-30-23-17-20(3)9-10-22(23)26)28-25(29-24)33-16-15-31-13-7-6-8-14-31;1-2/h9-10,17-19,30H,4-8,11-16,26H2,1-3H3;1-2H3/b27-19+;. The largest absolute Gasteiger partial charge is 0.462 e. The maximum Gasteiger partial charge on any atom is 0.319 e. The van der Waals surface area contributed by atoms with Gasteiger partial charge in [-0.1, -0.05) is 40.2 Å². The summed E-state index contributed by atoms with van der Waals surface area (Å²) >= 11 is 0. The Balaban J connectivity index is 0.00000210. The second-order valence-electron chi connectivity index (χ2n) is 8.63. The van der Waals surface area contributed by atoms with Gasteiger partial charge in [0.2, 0.25) is 0 Å². The Morgan fingerprint density at radius 1 is 1.09 bits per heavy atom. The molecule has 0 amide bonds. The van der Waals surface area contributed by atoms with Crippen LogP contribution in [0.2, 0.25) is 0 Å². The minimum atomic E-state index is 0.401. The Bertz CT molecular complexity index is 891. The van der Waals surface area contributed by atoms with E-state index in [1.54, 1.807) is 6.21 Å². The van der Waals surface area contributed by atoms with E-state index in [1.807, 2.05) is 45.0 Å². The van der Waals surface area contributed by atoms with Crippen molar-refractivity contribution in [3.8, 4) is 6.01 Å². The van der Waals surface area contributed by atoms with Gasteiger partial charge in [-0.15, -0.1) is 0 Å². The number of nitrogens with one attached hydrogen (secondary N) is 1. The Kier molecular flexibility index (Phi) is 12.9. The average molecular weight is 484 g/mol. The van der Waals surface area contributed by atoms with Crippen LogP contribution in [0.3, 0.4) is 0 Å². The van der Waals surface area contributed by atoms with E-state index in [1.165, 1.54) is 19.3 Å². The maximum absolute atomic E-state index is 6.05. The Morgan fingerprint density at radius 2 is 1.80 bits per heavy atom. The van der Waals surface area contributed by atoms with Gasteiger partial charge in [0.05, 0.1) is 23.3 Å². The molecule has 1 aromatic carbocycles. The molecule has 2 aromatic rings. The summed E-state index contributed by atoms with van der Waals surface area (Å²) < 4.78 is 6.00. The molecule has 1 saturated heterocycles. The summed E-state index contributed by atoms with van der Waals surface area (Å²) in [4.78, 5) is 14.0. The predicted octanol–water partition coefficient (Wildman–Crippen LogP) is 5.33. The van der Waals surface area contributed by atoms with Crippen LogP contribution in [0.15, 0.2) is 29.4 Å². The molecule has 1 aliphatic heterocycles. The number of hydrogen-bond acceptors (Lipinski definition) is 8. The molecular formula is C27H45N7O. The van der Waals surface area contributed by atoms with Gasteiger partial charge in [0, 0.05) is 25.7 Å². The van der Waals surface area contributed by atoms with E-state index >= 15 is 0 Å². The molecule has 35 heavy (non-hydrogen) atoms. The number of benzene rings is 1. The van der Waals surface area contributed by atoms with Crippen molar-refractivity contribution in [3.63, 3.8) is 0 Å². The molecule has 8 nitrogen and oxygen atoms in total. The van der Waals surface area contributed by atoms with E-state index in [4.69, 9.17) is 15.5 Å². The molecule has 0 saturated carbocycles. The van der Waals surface area contributed by atoms with Gasteiger partial charge >= 0.3 is 6.01 Å². The van der Waals surface area contributed by atoms with Gasteiger partial charge < -0.3 is 15.4 Å². The first kappa shape index (κ1) is 28.4. The lowest BCUT2D eigenvalue weighted by Gasteiger charge is -2.26. The molecule has 1 aliphatic rings. The second-order valence-corrected chi connectivity index (χ2v) is 8.63. The lowest BCUT2D eigenvalue weighted by Crippen LogP contribution is -2.33. The lowest BCUT2D eigenvalue weighted by molar-refractivity contribution is 0.177. The van der Waals surface area contributed by atoms with Crippen LogP contribution >= 0.6 is 0 Å². The molecule has 0 aliphatic carbocycles. The smallest absolute Gasteiger partial charge is 0.319 e. The molecule has 0 atom stereocenters. The third-order valence-corrected chi connectivity index (χ3v) is 5.70. The molecule has 8 heteroatoms. The first-order chi connectivity index (χ1) is 17.1. The third kappa shape index (κ3) is 9.72. The zero-order valence-electron chi connectivity index (χ0n) is 22.4. The quantitative estimate of drug-likeness (QED) is 0.239. The number of rotatable bonds is 12. The molecule has 3 rings (SSSR count). The minimum absolute atomic E-state index is 0.401. The monoisotopic (exact) mass is 483 g/mol. The van der Waals surface area contributed by atoms with Crippen molar-refractivity contribution in [2.45, 2.75) is 66.7 Å². The van der Waals surface area contributed by atoms with Gasteiger partial charge in [-0.3, -0.25) is 10.3 Å². The van der Waals surface area contributed by atoms with Crippen molar-refractivity contribution in [2.75, 3.05) is 55.4 Å². The van der Waals surface area contributed by atoms with E-state index in [0.717, 1.165) is 62.6 Å². The number of ether oxygens (including phenoxy) is 1. The number of anilines is 3. The maximum atomic E-state index is 6.05. The van der Waals surface area contributed by atoms with Crippen molar-refractivity contribution < 1.29 is 4.74 Å². The summed E-state index contributed by atoms with van der Waals surface area (Å²) in [5.74, 6) is 0.873. The number of piperidine rings is 1. The molecule has 2 heterocycles. The number of hydrogen-bond donors (Lipinski definition) is 2. The van der Waals surface area contributed by atoms with E-state index in [9.17, 15) is 0 Å². The molecule has 3 N–H and O–H groups in total. The van der Waals surface area contributed by atoms with Crippen molar-refractivity contribution in [1.29, 1.82) is 0 Å². The molecule has 194 valence electrons. The van der Waals surface area contributed by atoms with Crippen molar-refractivity contribution in [2.24, 2.45) is 5.10 Å². The highest BCUT2D eigenvalue weighted by Crippen LogP contribution is 2.20. The fourth-order valence-corrected chi connectivity index (χ4v) is 3.99.